The fraction of sp³-hybridized carbons (Fsp3) is 0.692. The minimum absolute atomic E-state index is 0.0300. The molecule has 0 bridgehead atoms. The van der Waals surface area contributed by atoms with Gasteiger partial charge in [0.2, 0.25) is 5.91 Å². The van der Waals surface area contributed by atoms with Gasteiger partial charge in [-0.3, -0.25) is 4.79 Å². The Hall–Kier alpha value is -1.40. The van der Waals surface area contributed by atoms with Gasteiger partial charge in [0.25, 0.3) is 0 Å². The molecule has 1 fully saturated rings. The number of nitrogens with zero attached hydrogens (tertiary/aromatic N) is 2. The molecule has 2 rings (SSSR count). The van der Waals surface area contributed by atoms with E-state index in [1.807, 2.05) is 6.92 Å². The lowest BCUT2D eigenvalue weighted by Crippen LogP contribution is -2.31. The average molecular weight is 266 g/mol. The number of nitrogens with one attached hydrogen (secondary N) is 1. The van der Waals surface area contributed by atoms with Gasteiger partial charge in [0.15, 0.2) is 5.82 Å². The van der Waals surface area contributed by atoms with Crippen LogP contribution in [0.5, 0.6) is 0 Å². The molecule has 6 nitrogen and oxygen atoms in total. The van der Waals surface area contributed by atoms with Crippen LogP contribution in [0.25, 0.3) is 0 Å². The first-order valence-electron chi connectivity index (χ1n) is 6.75. The summed E-state index contributed by atoms with van der Waals surface area (Å²) in [5.41, 5.74) is 5.90. The molecule has 2 atom stereocenters. The molecule has 2 unspecified atom stereocenters. The fourth-order valence-electron chi connectivity index (χ4n) is 2.39. The number of hydrogen-bond donors (Lipinski definition) is 2. The van der Waals surface area contributed by atoms with Gasteiger partial charge in [0, 0.05) is 31.6 Å². The van der Waals surface area contributed by atoms with Crippen LogP contribution in [0.1, 0.15) is 25.5 Å². The van der Waals surface area contributed by atoms with Crippen LogP contribution < -0.4 is 11.1 Å². The average Bonchev–Trinajstić information content (AvgIpc) is 2.96. The van der Waals surface area contributed by atoms with Crippen molar-refractivity contribution in [1.82, 2.24) is 10.1 Å². The second kappa shape index (κ2) is 6.16. The second-order valence-electron chi connectivity index (χ2n) is 5.33. The molecule has 1 aliphatic heterocycles. The predicted molar refractivity (Wildman–Crippen MR) is 72.7 cm³/mol. The van der Waals surface area contributed by atoms with E-state index in [-0.39, 0.29) is 11.9 Å². The van der Waals surface area contributed by atoms with E-state index in [1.54, 1.807) is 13.0 Å². The summed E-state index contributed by atoms with van der Waals surface area (Å²) in [5.74, 6) is 1.70. The maximum atomic E-state index is 11.7. The fourth-order valence-corrected chi connectivity index (χ4v) is 2.39. The first-order valence-corrected chi connectivity index (χ1v) is 6.75. The van der Waals surface area contributed by atoms with Gasteiger partial charge >= 0.3 is 0 Å². The molecule has 1 aliphatic rings. The molecule has 3 N–H and O–H groups in total. The predicted octanol–water partition coefficient (Wildman–Crippen LogP) is 0.981. The molecule has 106 valence electrons. The Labute approximate surface area is 113 Å². The second-order valence-corrected chi connectivity index (χ2v) is 5.33. The van der Waals surface area contributed by atoms with Crippen LogP contribution in [0.3, 0.4) is 0 Å². The number of carbonyl (C=O) groups excluding carboxylic acids is 1. The Bertz CT molecular complexity index is 430. The van der Waals surface area contributed by atoms with Gasteiger partial charge in [0.1, 0.15) is 5.76 Å². The van der Waals surface area contributed by atoms with E-state index in [0.717, 1.165) is 26.1 Å². The van der Waals surface area contributed by atoms with E-state index in [0.29, 0.717) is 23.9 Å². The first-order chi connectivity index (χ1) is 9.04. The Balaban J connectivity index is 1.70. The minimum Gasteiger partial charge on any atom is -0.360 e. The van der Waals surface area contributed by atoms with Crippen LogP contribution in [-0.4, -0.2) is 41.6 Å². The summed E-state index contributed by atoms with van der Waals surface area (Å²) < 4.78 is 4.89. The molecular weight excluding hydrogens is 244 g/mol. The number of carbonyl (C=O) groups is 1. The van der Waals surface area contributed by atoms with E-state index in [1.165, 1.54) is 0 Å². The Morgan fingerprint density at radius 1 is 1.74 bits per heavy atom. The molecule has 1 aromatic rings. The highest BCUT2D eigenvalue weighted by Gasteiger charge is 2.25. The molecule has 19 heavy (non-hydrogen) atoms. The number of anilines is 1. The summed E-state index contributed by atoms with van der Waals surface area (Å²) >= 11 is 0. The third-order valence-corrected chi connectivity index (χ3v) is 3.60. The van der Waals surface area contributed by atoms with Gasteiger partial charge in [-0.1, -0.05) is 5.16 Å². The summed E-state index contributed by atoms with van der Waals surface area (Å²) in [5, 5.41) is 6.46. The van der Waals surface area contributed by atoms with Crippen molar-refractivity contribution in [3.05, 3.63) is 11.8 Å². The monoisotopic (exact) mass is 266 g/mol. The third-order valence-electron chi connectivity index (χ3n) is 3.60. The Kier molecular flexibility index (Phi) is 4.55. The van der Waals surface area contributed by atoms with Crippen molar-refractivity contribution >= 4 is 11.7 Å². The number of rotatable bonds is 5. The van der Waals surface area contributed by atoms with Crippen molar-refractivity contribution in [3.8, 4) is 0 Å². The summed E-state index contributed by atoms with van der Waals surface area (Å²) in [4.78, 5) is 14.0. The molecule has 0 spiro atoms. The number of hydrogen-bond acceptors (Lipinski definition) is 5. The third kappa shape index (κ3) is 4.04. The van der Waals surface area contributed by atoms with Crippen molar-refractivity contribution in [3.63, 3.8) is 0 Å². The van der Waals surface area contributed by atoms with Gasteiger partial charge in [-0.05, 0) is 32.7 Å². The molecule has 0 aromatic carbocycles. The zero-order chi connectivity index (χ0) is 13.8. The van der Waals surface area contributed by atoms with E-state index in [9.17, 15) is 4.79 Å². The number of amides is 1. The Morgan fingerprint density at radius 3 is 3.11 bits per heavy atom. The number of aromatic nitrogens is 1. The maximum Gasteiger partial charge on any atom is 0.226 e. The number of aryl methyl sites for hydroxylation is 1. The van der Waals surface area contributed by atoms with Crippen LogP contribution in [0, 0.1) is 12.8 Å². The van der Waals surface area contributed by atoms with Crippen molar-refractivity contribution < 1.29 is 9.32 Å². The zero-order valence-electron chi connectivity index (χ0n) is 11.6. The van der Waals surface area contributed by atoms with Crippen LogP contribution in [-0.2, 0) is 4.79 Å². The van der Waals surface area contributed by atoms with Crippen molar-refractivity contribution in [2.45, 2.75) is 32.7 Å². The lowest BCUT2D eigenvalue weighted by Gasteiger charge is -2.17. The molecule has 0 saturated carbocycles. The van der Waals surface area contributed by atoms with E-state index in [2.05, 4.69) is 15.4 Å². The van der Waals surface area contributed by atoms with Gasteiger partial charge in [-0.25, -0.2) is 0 Å². The zero-order valence-corrected chi connectivity index (χ0v) is 11.6. The molecule has 0 radical (unpaired) electrons. The largest absolute Gasteiger partial charge is 0.360 e. The molecular formula is C13H22N4O2. The van der Waals surface area contributed by atoms with Gasteiger partial charge in [-0.15, -0.1) is 0 Å². The molecule has 2 heterocycles. The molecule has 1 amide bonds. The maximum absolute atomic E-state index is 11.7. The van der Waals surface area contributed by atoms with Crippen LogP contribution in [0.4, 0.5) is 5.82 Å². The van der Waals surface area contributed by atoms with Gasteiger partial charge < -0.3 is 20.5 Å². The van der Waals surface area contributed by atoms with Crippen LogP contribution >= 0.6 is 0 Å². The lowest BCUT2D eigenvalue weighted by atomic mass is 10.0. The van der Waals surface area contributed by atoms with E-state index in [4.69, 9.17) is 10.3 Å². The number of likely N-dealkylation sites (tertiary alicyclic amines) is 1. The Morgan fingerprint density at radius 2 is 2.53 bits per heavy atom. The summed E-state index contributed by atoms with van der Waals surface area (Å²) in [6.07, 6.45) is 1.60. The number of nitrogens with two attached hydrogens (primary N) is 1. The smallest absolute Gasteiger partial charge is 0.226 e. The van der Waals surface area contributed by atoms with Crippen molar-refractivity contribution in [2.75, 3.05) is 25.0 Å². The molecule has 6 heteroatoms. The first kappa shape index (κ1) is 14.0. The topological polar surface area (TPSA) is 84.4 Å². The minimum atomic E-state index is -0.0300. The summed E-state index contributed by atoms with van der Waals surface area (Å²) in [7, 11) is 0. The van der Waals surface area contributed by atoms with Gasteiger partial charge in [0.05, 0.1) is 0 Å². The highest BCUT2D eigenvalue weighted by atomic mass is 16.5. The van der Waals surface area contributed by atoms with E-state index < -0.39 is 0 Å². The molecule has 0 aliphatic carbocycles. The van der Waals surface area contributed by atoms with E-state index >= 15 is 0 Å². The summed E-state index contributed by atoms with van der Waals surface area (Å²) in [6.45, 7) is 6.64. The lowest BCUT2D eigenvalue weighted by molar-refractivity contribution is -0.116. The standard InChI is InChI=1S/C13H22N4O2/c1-9-7-12(16-19-9)15-13(18)4-6-17-5-3-11(8-17)10(2)14/h7,10-11H,3-6,8,14H2,1-2H3,(H,15,16,18). The SMILES string of the molecule is Cc1cc(NC(=O)CCN2CCC(C(C)N)C2)no1. The van der Waals surface area contributed by atoms with Crippen molar-refractivity contribution in [1.29, 1.82) is 0 Å². The highest BCUT2D eigenvalue weighted by molar-refractivity contribution is 5.89. The van der Waals surface area contributed by atoms with Gasteiger partial charge in [-0.2, -0.15) is 0 Å². The quantitative estimate of drug-likeness (QED) is 0.830. The van der Waals surface area contributed by atoms with Crippen molar-refractivity contribution in [2.24, 2.45) is 11.7 Å². The molecule has 1 saturated heterocycles. The summed E-state index contributed by atoms with van der Waals surface area (Å²) in [6, 6.07) is 1.94. The van der Waals surface area contributed by atoms with Crippen LogP contribution in [0.2, 0.25) is 0 Å². The van der Waals surface area contributed by atoms with Crippen LogP contribution in [0.15, 0.2) is 10.6 Å². The molecule has 1 aromatic heterocycles. The highest BCUT2D eigenvalue weighted by Crippen LogP contribution is 2.18. The normalized spacial score (nSPS) is 21.5.